The van der Waals surface area contributed by atoms with Crippen LogP contribution in [0.4, 0.5) is 0 Å². The average Bonchev–Trinajstić information content (AvgIpc) is 2.52. The molecule has 0 bridgehead atoms. The van der Waals surface area contributed by atoms with Crippen LogP contribution < -0.4 is 0 Å². The molecular weight excluding hydrogens is 320 g/mol. The van der Waals surface area contributed by atoms with E-state index in [2.05, 4.69) is 6.58 Å². The van der Waals surface area contributed by atoms with E-state index in [9.17, 15) is 30.6 Å². The van der Waals surface area contributed by atoms with Gasteiger partial charge < -0.3 is 40.1 Å². The molecule has 7 atom stereocenters. The summed E-state index contributed by atoms with van der Waals surface area (Å²) in [6, 6.07) is 0. The molecule has 1 aliphatic rings. The van der Waals surface area contributed by atoms with Gasteiger partial charge in [-0.15, -0.1) is 6.58 Å². The molecule has 6 N–H and O–H groups in total. The molecule has 1 saturated heterocycles. The Morgan fingerprint density at radius 3 is 2.21 bits per heavy atom. The predicted octanol–water partition coefficient (Wildman–Crippen LogP) is -1.34. The highest BCUT2D eigenvalue weighted by molar-refractivity contribution is 4.97. The first-order chi connectivity index (χ1) is 10.9. The molecule has 1 fully saturated rings. The molecule has 0 saturated carbocycles. The zero-order valence-electron chi connectivity index (χ0n) is 14.4. The van der Waals surface area contributed by atoms with Gasteiger partial charge in [-0.25, -0.2) is 0 Å². The lowest BCUT2D eigenvalue weighted by atomic mass is 9.91. The van der Waals surface area contributed by atoms with Crippen molar-refractivity contribution in [1.29, 1.82) is 0 Å². The smallest absolute Gasteiger partial charge is 0.187 e. The van der Waals surface area contributed by atoms with Gasteiger partial charge in [-0.05, 0) is 33.6 Å². The topological polar surface area (TPSA) is 140 Å². The van der Waals surface area contributed by atoms with Crippen molar-refractivity contribution in [3.63, 3.8) is 0 Å². The van der Waals surface area contributed by atoms with Gasteiger partial charge in [0, 0.05) is 0 Å². The Kier molecular flexibility index (Phi) is 7.33. The van der Waals surface area contributed by atoms with E-state index in [1.165, 1.54) is 19.9 Å². The van der Waals surface area contributed by atoms with E-state index < -0.39 is 54.6 Å². The Labute approximate surface area is 142 Å². The first-order valence-electron chi connectivity index (χ1n) is 7.97. The Balaban J connectivity index is 2.76. The molecule has 0 aromatic carbocycles. The van der Waals surface area contributed by atoms with Crippen molar-refractivity contribution >= 4 is 0 Å². The monoisotopic (exact) mass is 350 g/mol. The van der Waals surface area contributed by atoms with Gasteiger partial charge in [0.15, 0.2) is 6.29 Å². The predicted molar refractivity (Wildman–Crippen MR) is 85.0 cm³/mol. The molecule has 142 valence electrons. The SMILES string of the molecule is C=C[C@@](C)(CC[C@@H](O)C(C)(C)O)O[C@@H]1O[C@H](CO)[C@@H](O)[C@H](O)[C@H]1O. The minimum atomic E-state index is -1.53. The standard InChI is InChI=1S/C16H30O8/c1-5-16(4,7-6-10(18)15(2,3)22)24-14-13(21)12(20)11(19)9(8-17)23-14/h5,9-14,17-22H,1,6-8H2,2-4H3/t9-,10-,11-,12+,13-,14+,16+/m1/s1. The van der Waals surface area contributed by atoms with Crippen molar-refractivity contribution in [2.75, 3.05) is 6.61 Å². The van der Waals surface area contributed by atoms with Gasteiger partial charge in [0.05, 0.1) is 23.9 Å². The third-order valence-electron chi connectivity index (χ3n) is 4.40. The largest absolute Gasteiger partial charge is 0.394 e. The summed E-state index contributed by atoms with van der Waals surface area (Å²) in [5, 5.41) is 58.5. The van der Waals surface area contributed by atoms with Crippen LogP contribution in [0.15, 0.2) is 12.7 Å². The normalized spacial score (nSPS) is 35.3. The van der Waals surface area contributed by atoms with Crippen LogP contribution in [0.3, 0.4) is 0 Å². The number of rotatable bonds is 8. The van der Waals surface area contributed by atoms with Crippen LogP contribution in [-0.2, 0) is 9.47 Å². The quantitative estimate of drug-likeness (QED) is 0.296. The minimum absolute atomic E-state index is 0.198. The summed E-state index contributed by atoms with van der Waals surface area (Å²) in [5.41, 5.74) is -2.30. The number of hydrogen-bond donors (Lipinski definition) is 6. The zero-order valence-corrected chi connectivity index (χ0v) is 14.4. The molecule has 1 rings (SSSR count). The van der Waals surface area contributed by atoms with Gasteiger partial charge in [-0.2, -0.15) is 0 Å². The first kappa shape index (κ1) is 21.5. The molecule has 0 unspecified atom stereocenters. The van der Waals surface area contributed by atoms with E-state index in [-0.39, 0.29) is 12.8 Å². The molecule has 8 nitrogen and oxygen atoms in total. The highest BCUT2D eigenvalue weighted by atomic mass is 16.7. The minimum Gasteiger partial charge on any atom is -0.394 e. The van der Waals surface area contributed by atoms with Crippen LogP contribution in [0.5, 0.6) is 0 Å². The van der Waals surface area contributed by atoms with Crippen molar-refractivity contribution in [2.45, 2.75) is 81.6 Å². The fraction of sp³-hybridized carbons (Fsp3) is 0.875. The lowest BCUT2D eigenvalue weighted by Crippen LogP contribution is -2.60. The van der Waals surface area contributed by atoms with Crippen LogP contribution in [0.1, 0.15) is 33.6 Å². The van der Waals surface area contributed by atoms with Crippen molar-refractivity contribution < 1.29 is 40.1 Å². The fourth-order valence-corrected chi connectivity index (χ4v) is 2.42. The second kappa shape index (κ2) is 8.20. The van der Waals surface area contributed by atoms with Crippen LogP contribution in [-0.4, -0.2) is 85.3 Å². The molecule has 0 aromatic heterocycles. The van der Waals surface area contributed by atoms with Crippen LogP contribution >= 0.6 is 0 Å². The van der Waals surface area contributed by atoms with Crippen molar-refractivity contribution in [3.05, 3.63) is 12.7 Å². The maximum Gasteiger partial charge on any atom is 0.187 e. The molecule has 0 radical (unpaired) electrons. The zero-order chi connectivity index (χ0) is 18.7. The Morgan fingerprint density at radius 2 is 1.75 bits per heavy atom. The Hall–Kier alpha value is -0.580. The van der Waals surface area contributed by atoms with Crippen LogP contribution in [0, 0.1) is 0 Å². The maximum atomic E-state index is 10.0. The van der Waals surface area contributed by atoms with Crippen LogP contribution in [0.2, 0.25) is 0 Å². The van der Waals surface area contributed by atoms with Crippen molar-refractivity contribution in [2.24, 2.45) is 0 Å². The van der Waals surface area contributed by atoms with Crippen molar-refractivity contribution in [1.82, 2.24) is 0 Å². The summed E-state index contributed by atoms with van der Waals surface area (Å²) in [4.78, 5) is 0. The molecule has 0 spiro atoms. The first-order valence-corrected chi connectivity index (χ1v) is 7.97. The van der Waals surface area contributed by atoms with E-state index in [0.717, 1.165) is 0 Å². The van der Waals surface area contributed by atoms with E-state index in [1.807, 2.05) is 0 Å². The summed E-state index contributed by atoms with van der Waals surface area (Å²) < 4.78 is 11.0. The van der Waals surface area contributed by atoms with Gasteiger partial charge in [0.1, 0.15) is 24.4 Å². The molecule has 1 aliphatic heterocycles. The van der Waals surface area contributed by atoms with Gasteiger partial charge >= 0.3 is 0 Å². The summed E-state index contributed by atoms with van der Waals surface area (Å²) in [5.74, 6) is 0. The summed E-state index contributed by atoms with van der Waals surface area (Å²) in [7, 11) is 0. The van der Waals surface area contributed by atoms with E-state index in [0.29, 0.717) is 0 Å². The van der Waals surface area contributed by atoms with Gasteiger partial charge in [-0.1, -0.05) is 6.08 Å². The van der Waals surface area contributed by atoms with Crippen molar-refractivity contribution in [3.8, 4) is 0 Å². The molecular formula is C16H30O8. The molecule has 0 aromatic rings. The lowest BCUT2D eigenvalue weighted by Gasteiger charge is -2.43. The second-order valence-electron chi connectivity index (χ2n) is 7.04. The molecule has 1 heterocycles. The third kappa shape index (κ3) is 5.21. The Morgan fingerprint density at radius 1 is 1.17 bits per heavy atom. The molecule has 8 heteroatoms. The van der Waals surface area contributed by atoms with E-state index in [4.69, 9.17) is 9.47 Å². The fourth-order valence-electron chi connectivity index (χ4n) is 2.42. The van der Waals surface area contributed by atoms with Gasteiger partial charge in [0.25, 0.3) is 0 Å². The molecule has 24 heavy (non-hydrogen) atoms. The van der Waals surface area contributed by atoms with Crippen LogP contribution in [0.25, 0.3) is 0 Å². The number of aliphatic hydroxyl groups is 6. The van der Waals surface area contributed by atoms with Gasteiger partial charge in [-0.3, -0.25) is 0 Å². The second-order valence-corrected chi connectivity index (χ2v) is 7.04. The van der Waals surface area contributed by atoms with E-state index >= 15 is 0 Å². The summed E-state index contributed by atoms with van der Waals surface area (Å²) in [6.45, 7) is 7.75. The summed E-state index contributed by atoms with van der Waals surface area (Å²) in [6.07, 6.45) is -5.93. The lowest BCUT2D eigenvalue weighted by molar-refractivity contribution is -0.320. The highest BCUT2D eigenvalue weighted by Crippen LogP contribution is 2.30. The average molecular weight is 350 g/mol. The highest BCUT2D eigenvalue weighted by Gasteiger charge is 2.46. The number of aliphatic hydroxyl groups excluding tert-OH is 5. The summed E-state index contributed by atoms with van der Waals surface area (Å²) >= 11 is 0. The Bertz CT molecular complexity index is 407. The van der Waals surface area contributed by atoms with E-state index in [1.54, 1.807) is 6.92 Å². The van der Waals surface area contributed by atoms with Gasteiger partial charge in [0.2, 0.25) is 0 Å². The number of hydrogen-bond acceptors (Lipinski definition) is 8. The molecule has 0 amide bonds. The number of ether oxygens (including phenoxy) is 2. The molecule has 0 aliphatic carbocycles. The maximum absolute atomic E-state index is 10.0. The third-order valence-corrected chi connectivity index (χ3v) is 4.40.